The van der Waals surface area contributed by atoms with Gasteiger partial charge in [-0.05, 0) is 30.5 Å². The van der Waals surface area contributed by atoms with Crippen LogP contribution in [0.3, 0.4) is 0 Å². The molecular formula is C12H16BrNO3. The summed E-state index contributed by atoms with van der Waals surface area (Å²) in [7, 11) is 0. The Bertz CT molecular complexity index is 353. The zero-order chi connectivity index (χ0) is 12.7. The number of hydrogen-bond donors (Lipinski definition) is 2. The highest BCUT2D eigenvalue weighted by atomic mass is 79.9. The monoisotopic (exact) mass is 301 g/mol. The molecule has 0 saturated carbocycles. The van der Waals surface area contributed by atoms with Crippen molar-refractivity contribution >= 4 is 21.9 Å². The molecule has 0 aliphatic heterocycles. The van der Waals surface area contributed by atoms with E-state index < -0.39 is 12.0 Å². The second-order valence-electron chi connectivity index (χ2n) is 3.68. The van der Waals surface area contributed by atoms with Crippen molar-refractivity contribution in [1.82, 2.24) is 0 Å². The number of ether oxygens (including phenoxy) is 1. The minimum Gasteiger partial charge on any atom is -0.494 e. The Hall–Kier alpha value is -1.07. The van der Waals surface area contributed by atoms with Gasteiger partial charge in [0.25, 0.3) is 0 Å². The molecule has 1 aromatic rings. The van der Waals surface area contributed by atoms with Crippen molar-refractivity contribution in [3.05, 3.63) is 29.8 Å². The topological polar surface area (TPSA) is 72.5 Å². The van der Waals surface area contributed by atoms with Crippen molar-refractivity contribution in [2.24, 2.45) is 5.73 Å². The fraction of sp³-hybridized carbons (Fsp3) is 0.417. The summed E-state index contributed by atoms with van der Waals surface area (Å²) in [4.78, 5) is 10.6. The maximum atomic E-state index is 10.6. The Balaban J connectivity index is 2.47. The van der Waals surface area contributed by atoms with E-state index in [-0.39, 0.29) is 0 Å². The summed E-state index contributed by atoms with van der Waals surface area (Å²) in [6.45, 7) is 0.666. The highest BCUT2D eigenvalue weighted by Crippen LogP contribution is 2.13. The maximum absolute atomic E-state index is 10.6. The molecule has 4 nitrogen and oxygen atoms in total. The molecule has 0 bridgehead atoms. The third-order valence-corrected chi connectivity index (χ3v) is 2.80. The lowest BCUT2D eigenvalue weighted by atomic mass is 10.1. The van der Waals surface area contributed by atoms with Gasteiger partial charge in [0.05, 0.1) is 6.61 Å². The molecule has 0 heterocycles. The summed E-state index contributed by atoms with van der Waals surface area (Å²) in [5.41, 5.74) is 6.34. The van der Waals surface area contributed by atoms with Crippen molar-refractivity contribution in [2.45, 2.75) is 18.9 Å². The number of carboxylic acids is 1. The van der Waals surface area contributed by atoms with Gasteiger partial charge in [0.15, 0.2) is 0 Å². The lowest BCUT2D eigenvalue weighted by Gasteiger charge is -2.08. The first kappa shape index (κ1) is 14.0. The number of rotatable bonds is 7. The summed E-state index contributed by atoms with van der Waals surface area (Å²) in [6, 6.07) is 6.49. The Morgan fingerprint density at radius 3 is 2.59 bits per heavy atom. The zero-order valence-electron chi connectivity index (χ0n) is 9.43. The first-order chi connectivity index (χ1) is 8.13. The molecule has 1 rings (SSSR count). The van der Waals surface area contributed by atoms with E-state index >= 15 is 0 Å². The molecule has 0 spiro atoms. The van der Waals surface area contributed by atoms with Gasteiger partial charge in [-0.25, -0.2) is 0 Å². The molecule has 94 valence electrons. The molecule has 0 saturated heterocycles. The molecule has 17 heavy (non-hydrogen) atoms. The zero-order valence-corrected chi connectivity index (χ0v) is 11.0. The van der Waals surface area contributed by atoms with Crippen LogP contribution < -0.4 is 10.5 Å². The van der Waals surface area contributed by atoms with Crippen molar-refractivity contribution < 1.29 is 14.6 Å². The summed E-state index contributed by atoms with van der Waals surface area (Å²) in [6.07, 6.45) is 1.28. The number of carboxylic acid groups (broad SMARTS) is 1. The standard InChI is InChI=1S/C12H16BrNO3/c13-6-1-7-17-10-4-2-9(3-5-10)8-11(14)12(15)16/h2-5,11H,1,6-8,14H2,(H,15,16). The van der Waals surface area contributed by atoms with Gasteiger partial charge in [0.1, 0.15) is 11.8 Å². The molecule has 0 aromatic heterocycles. The normalized spacial score (nSPS) is 12.1. The van der Waals surface area contributed by atoms with E-state index in [1.165, 1.54) is 0 Å². The Morgan fingerprint density at radius 1 is 1.41 bits per heavy atom. The van der Waals surface area contributed by atoms with Gasteiger partial charge in [0.2, 0.25) is 0 Å². The van der Waals surface area contributed by atoms with Gasteiger partial charge in [-0.1, -0.05) is 28.1 Å². The van der Waals surface area contributed by atoms with Gasteiger partial charge >= 0.3 is 5.97 Å². The van der Waals surface area contributed by atoms with E-state index in [0.29, 0.717) is 13.0 Å². The van der Waals surface area contributed by atoms with Crippen LogP contribution in [0.25, 0.3) is 0 Å². The van der Waals surface area contributed by atoms with Crippen LogP contribution in [0.5, 0.6) is 5.75 Å². The number of aliphatic carboxylic acids is 1. The lowest BCUT2D eigenvalue weighted by molar-refractivity contribution is -0.138. The van der Waals surface area contributed by atoms with Crippen molar-refractivity contribution in [2.75, 3.05) is 11.9 Å². The van der Waals surface area contributed by atoms with Crippen LogP contribution in [-0.4, -0.2) is 29.1 Å². The fourth-order valence-corrected chi connectivity index (χ4v) is 1.54. The van der Waals surface area contributed by atoms with E-state index in [9.17, 15) is 4.79 Å². The molecule has 1 aromatic carbocycles. The number of carbonyl (C=O) groups is 1. The van der Waals surface area contributed by atoms with Gasteiger partial charge in [-0.15, -0.1) is 0 Å². The van der Waals surface area contributed by atoms with Crippen LogP contribution in [0, 0.1) is 0 Å². The molecule has 3 N–H and O–H groups in total. The van der Waals surface area contributed by atoms with Gasteiger partial charge in [-0.2, -0.15) is 0 Å². The van der Waals surface area contributed by atoms with E-state index in [1.54, 1.807) is 0 Å². The van der Waals surface area contributed by atoms with Crippen LogP contribution in [0.4, 0.5) is 0 Å². The SMILES string of the molecule is NC(Cc1ccc(OCCCBr)cc1)C(=O)O. The Kier molecular flexibility index (Phi) is 6.00. The molecule has 0 aliphatic carbocycles. The third kappa shape index (κ3) is 5.19. The minimum atomic E-state index is -0.984. The summed E-state index contributed by atoms with van der Waals surface area (Å²) < 4.78 is 5.48. The number of benzene rings is 1. The molecule has 0 amide bonds. The fourth-order valence-electron chi connectivity index (χ4n) is 1.31. The number of halogens is 1. The summed E-state index contributed by atoms with van der Waals surface area (Å²) in [5, 5.41) is 9.60. The smallest absolute Gasteiger partial charge is 0.320 e. The summed E-state index contributed by atoms with van der Waals surface area (Å²) >= 11 is 3.33. The predicted octanol–water partition coefficient (Wildman–Crippen LogP) is 1.80. The Morgan fingerprint density at radius 2 is 2.06 bits per heavy atom. The second kappa shape index (κ2) is 7.29. The number of nitrogens with two attached hydrogens (primary N) is 1. The van der Waals surface area contributed by atoms with Gasteiger partial charge in [-0.3, -0.25) is 4.79 Å². The quantitative estimate of drug-likeness (QED) is 0.595. The lowest BCUT2D eigenvalue weighted by Crippen LogP contribution is -2.32. The highest BCUT2D eigenvalue weighted by Gasteiger charge is 2.11. The molecule has 0 fully saturated rings. The molecule has 0 aliphatic rings. The van der Waals surface area contributed by atoms with Gasteiger partial charge in [0, 0.05) is 5.33 Å². The van der Waals surface area contributed by atoms with Crippen molar-refractivity contribution in [3.8, 4) is 5.75 Å². The maximum Gasteiger partial charge on any atom is 0.320 e. The Labute approximate surface area is 109 Å². The van der Waals surface area contributed by atoms with E-state index in [1.807, 2.05) is 24.3 Å². The molecule has 1 unspecified atom stereocenters. The highest BCUT2D eigenvalue weighted by molar-refractivity contribution is 9.09. The van der Waals surface area contributed by atoms with Gasteiger partial charge < -0.3 is 15.6 Å². The second-order valence-corrected chi connectivity index (χ2v) is 4.48. The minimum absolute atomic E-state index is 0.330. The molecule has 1 atom stereocenters. The first-order valence-corrected chi connectivity index (χ1v) is 6.51. The molecule has 5 heteroatoms. The number of hydrogen-bond acceptors (Lipinski definition) is 3. The van der Waals surface area contributed by atoms with Crippen LogP contribution in [0.1, 0.15) is 12.0 Å². The first-order valence-electron chi connectivity index (χ1n) is 5.39. The van der Waals surface area contributed by atoms with Crippen molar-refractivity contribution in [1.29, 1.82) is 0 Å². The summed E-state index contributed by atoms with van der Waals surface area (Å²) in [5.74, 6) is -0.193. The van der Waals surface area contributed by atoms with E-state index in [0.717, 1.165) is 23.1 Å². The van der Waals surface area contributed by atoms with Crippen LogP contribution in [0.15, 0.2) is 24.3 Å². The van der Waals surface area contributed by atoms with E-state index in [2.05, 4.69) is 15.9 Å². The number of alkyl halides is 1. The van der Waals surface area contributed by atoms with Crippen LogP contribution >= 0.6 is 15.9 Å². The average molecular weight is 302 g/mol. The van der Waals surface area contributed by atoms with Crippen molar-refractivity contribution in [3.63, 3.8) is 0 Å². The van der Waals surface area contributed by atoms with E-state index in [4.69, 9.17) is 15.6 Å². The van der Waals surface area contributed by atoms with Crippen LogP contribution in [-0.2, 0) is 11.2 Å². The molecule has 0 radical (unpaired) electrons. The predicted molar refractivity (Wildman–Crippen MR) is 69.7 cm³/mol. The molecular weight excluding hydrogens is 286 g/mol. The third-order valence-electron chi connectivity index (χ3n) is 2.24. The largest absolute Gasteiger partial charge is 0.494 e. The average Bonchev–Trinajstić information content (AvgIpc) is 2.31. The van der Waals surface area contributed by atoms with Crippen LogP contribution in [0.2, 0.25) is 0 Å².